The lowest BCUT2D eigenvalue weighted by Gasteiger charge is -2.33. The Balaban J connectivity index is 1.66. The van der Waals surface area contributed by atoms with Crippen LogP contribution >= 0.6 is 0 Å². The van der Waals surface area contributed by atoms with Crippen LogP contribution in [0.25, 0.3) is 0 Å². The predicted octanol–water partition coefficient (Wildman–Crippen LogP) is 1.87. The van der Waals surface area contributed by atoms with E-state index < -0.39 is 36.6 Å². The summed E-state index contributed by atoms with van der Waals surface area (Å²) in [6.07, 6.45) is 0. The molecule has 0 unspecified atom stereocenters. The van der Waals surface area contributed by atoms with Crippen molar-refractivity contribution in [3.05, 3.63) is 59.7 Å². The first-order chi connectivity index (χ1) is 14.5. The van der Waals surface area contributed by atoms with E-state index in [-0.39, 0.29) is 43.5 Å². The van der Waals surface area contributed by atoms with E-state index in [0.717, 1.165) is 12.1 Å². The molecule has 2 aromatic rings. The van der Waals surface area contributed by atoms with Crippen molar-refractivity contribution in [2.45, 2.75) is 11.8 Å². The summed E-state index contributed by atoms with van der Waals surface area (Å²) in [5.41, 5.74) is 0.447. The fraction of sp³-hybridized carbons (Fsp3) is 0.316. The number of benzene rings is 2. The molecule has 0 aromatic heterocycles. The fourth-order valence-electron chi connectivity index (χ4n) is 3.07. The van der Waals surface area contributed by atoms with E-state index in [1.54, 1.807) is 6.92 Å². The number of anilines is 1. The quantitative estimate of drug-likeness (QED) is 0.690. The number of halogens is 2. The molecule has 0 saturated carbocycles. The maximum Gasteiger partial charge on any atom is 0.261 e. The lowest BCUT2D eigenvalue weighted by molar-refractivity contribution is 0.0698. The maximum absolute atomic E-state index is 13.3. The second-order valence-electron chi connectivity index (χ2n) is 6.85. The molecule has 0 spiro atoms. The fourth-order valence-corrected chi connectivity index (χ4v) is 5.23. The van der Waals surface area contributed by atoms with E-state index in [4.69, 9.17) is 0 Å². The van der Waals surface area contributed by atoms with Crippen molar-refractivity contribution >= 4 is 31.6 Å². The minimum absolute atomic E-state index is 0.00286. The molecular weight excluding hydrogens is 452 g/mol. The minimum atomic E-state index is -4.14. The van der Waals surface area contributed by atoms with Crippen LogP contribution in [0, 0.1) is 11.6 Å². The summed E-state index contributed by atoms with van der Waals surface area (Å²) in [7, 11) is -7.44. The summed E-state index contributed by atoms with van der Waals surface area (Å²) < 4.78 is 78.5. The zero-order valence-corrected chi connectivity index (χ0v) is 18.2. The van der Waals surface area contributed by atoms with Gasteiger partial charge < -0.3 is 4.90 Å². The monoisotopic (exact) mass is 473 g/mol. The van der Waals surface area contributed by atoms with Gasteiger partial charge in [-0.15, -0.1) is 0 Å². The molecule has 1 amide bonds. The summed E-state index contributed by atoms with van der Waals surface area (Å²) >= 11 is 0. The van der Waals surface area contributed by atoms with Gasteiger partial charge in [0.15, 0.2) is 11.6 Å². The van der Waals surface area contributed by atoms with Gasteiger partial charge in [0.25, 0.3) is 15.9 Å². The third kappa shape index (κ3) is 5.20. The van der Waals surface area contributed by atoms with Crippen LogP contribution in [0.2, 0.25) is 0 Å². The van der Waals surface area contributed by atoms with Crippen molar-refractivity contribution in [1.29, 1.82) is 0 Å². The van der Waals surface area contributed by atoms with Gasteiger partial charge in [0.05, 0.1) is 10.6 Å². The molecule has 1 saturated heterocycles. The van der Waals surface area contributed by atoms with Crippen molar-refractivity contribution in [3.63, 3.8) is 0 Å². The lowest BCUT2D eigenvalue weighted by Crippen LogP contribution is -2.50. The molecule has 1 fully saturated rings. The molecule has 1 aliphatic rings. The van der Waals surface area contributed by atoms with Gasteiger partial charge >= 0.3 is 0 Å². The Morgan fingerprint density at radius 2 is 1.55 bits per heavy atom. The zero-order chi connectivity index (χ0) is 22.8. The average Bonchev–Trinajstić information content (AvgIpc) is 2.75. The van der Waals surface area contributed by atoms with Crippen LogP contribution in [-0.2, 0) is 20.0 Å². The third-order valence-corrected chi connectivity index (χ3v) is 8.13. The molecule has 31 heavy (non-hydrogen) atoms. The SMILES string of the molecule is CCS(=O)(=O)N1CCN(C(=O)c2ccc(NS(=O)(=O)c3ccc(F)c(F)c3)cc2)CC1. The molecule has 8 nitrogen and oxygen atoms in total. The van der Waals surface area contributed by atoms with Crippen LogP contribution in [0.4, 0.5) is 14.5 Å². The van der Waals surface area contributed by atoms with E-state index in [1.807, 2.05) is 0 Å². The Labute approximate surface area is 179 Å². The number of nitrogens with zero attached hydrogens (tertiary/aromatic N) is 2. The molecule has 168 valence electrons. The standard InChI is InChI=1S/C19H21F2N3O5S2/c1-2-30(26,27)24-11-9-23(10-12-24)19(25)14-3-5-15(6-4-14)22-31(28,29)16-7-8-17(20)18(21)13-16/h3-8,13,22H,2,9-12H2,1H3. The number of hydrogen-bond acceptors (Lipinski definition) is 5. The van der Waals surface area contributed by atoms with E-state index >= 15 is 0 Å². The number of hydrogen-bond donors (Lipinski definition) is 1. The van der Waals surface area contributed by atoms with Crippen molar-refractivity contribution in [3.8, 4) is 0 Å². The number of rotatable bonds is 6. The summed E-state index contributed by atoms with van der Waals surface area (Å²) in [6, 6.07) is 7.86. The molecule has 12 heteroatoms. The van der Waals surface area contributed by atoms with Crippen LogP contribution in [0.5, 0.6) is 0 Å². The molecule has 1 heterocycles. The normalized spacial score (nSPS) is 15.6. The number of nitrogens with one attached hydrogen (secondary N) is 1. The number of piperazine rings is 1. The van der Waals surface area contributed by atoms with Crippen molar-refractivity contribution < 1.29 is 30.4 Å². The number of carbonyl (C=O) groups is 1. The van der Waals surface area contributed by atoms with Crippen molar-refractivity contribution in [2.75, 3.05) is 36.7 Å². The highest BCUT2D eigenvalue weighted by Crippen LogP contribution is 2.20. The summed E-state index contributed by atoms with van der Waals surface area (Å²) in [5, 5.41) is 0. The predicted molar refractivity (Wildman–Crippen MR) is 111 cm³/mol. The highest BCUT2D eigenvalue weighted by molar-refractivity contribution is 7.92. The first kappa shape index (κ1) is 23.1. The maximum atomic E-state index is 13.3. The largest absolute Gasteiger partial charge is 0.336 e. The van der Waals surface area contributed by atoms with Gasteiger partial charge in [-0.3, -0.25) is 9.52 Å². The summed E-state index contributed by atoms with van der Waals surface area (Å²) in [6.45, 7) is 2.50. The lowest BCUT2D eigenvalue weighted by atomic mass is 10.1. The summed E-state index contributed by atoms with van der Waals surface area (Å²) in [4.78, 5) is 13.7. The van der Waals surface area contributed by atoms with Gasteiger partial charge in [0.2, 0.25) is 10.0 Å². The van der Waals surface area contributed by atoms with E-state index in [1.165, 1.54) is 33.5 Å². The van der Waals surface area contributed by atoms with Gasteiger partial charge in [-0.25, -0.2) is 25.6 Å². The first-order valence-electron chi connectivity index (χ1n) is 9.38. The topological polar surface area (TPSA) is 104 Å². The van der Waals surface area contributed by atoms with Gasteiger partial charge in [-0.05, 0) is 49.4 Å². The number of sulfonamides is 2. The first-order valence-corrected chi connectivity index (χ1v) is 12.5. The highest BCUT2D eigenvalue weighted by Gasteiger charge is 2.28. The smallest absolute Gasteiger partial charge is 0.261 e. The Morgan fingerprint density at radius 1 is 0.935 bits per heavy atom. The van der Waals surface area contributed by atoms with Crippen LogP contribution < -0.4 is 4.72 Å². The van der Waals surface area contributed by atoms with Crippen LogP contribution in [-0.4, -0.2) is 63.9 Å². The molecule has 2 aromatic carbocycles. The van der Waals surface area contributed by atoms with Gasteiger partial charge in [0.1, 0.15) is 0 Å². The van der Waals surface area contributed by atoms with Crippen LogP contribution in [0.1, 0.15) is 17.3 Å². The molecule has 0 radical (unpaired) electrons. The number of amides is 1. The van der Waals surface area contributed by atoms with E-state index in [2.05, 4.69) is 4.72 Å². The Bertz CT molecular complexity index is 1180. The van der Waals surface area contributed by atoms with Crippen LogP contribution in [0.3, 0.4) is 0 Å². The summed E-state index contributed by atoms with van der Waals surface area (Å²) in [5.74, 6) is -2.74. The van der Waals surface area contributed by atoms with Gasteiger partial charge in [-0.1, -0.05) is 0 Å². The third-order valence-electron chi connectivity index (χ3n) is 4.87. The van der Waals surface area contributed by atoms with Crippen LogP contribution in [0.15, 0.2) is 47.4 Å². The molecule has 0 atom stereocenters. The zero-order valence-electron chi connectivity index (χ0n) is 16.6. The molecular formula is C19H21F2N3O5S2. The minimum Gasteiger partial charge on any atom is -0.336 e. The average molecular weight is 474 g/mol. The van der Waals surface area contributed by atoms with E-state index in [9.17, 15) is 30.4 Å². The van der Waals surface area contributed by atoms with Gasteiger partial charge in [0, 0.05) is 37.4 Å². The van der Waals surface area contributed by atoms with Crippen molar-refractivity contribution in [1.82, 2.24) is 9.21 Å². The molecule has 1 aliphatic heterocycles. The van der Waals surface area contributed by atoms with E-state index in [0.29, 0.717) is 11.6 Å². The molecule has 3 rings (SSSR count). The van der Waals surface area contributed by atoms with Crippen molar-refractivity contribution in [2.24, 2.45) is 0 Å². The highest BCUT2D eigenvalue weighted by atomic mass is 32.2. The number of carbonyl (C=O) groups excluding carboxylic acids is 1. The Morgan fingerprint density at radius 3 is 2.10 bits per heavy atom. The molecule has 0 bridgehead atoms. The molecule has 1 N–H and O–H groups in total. The van der Waals surface area contributed by atoms with Gasteiger partial charge in [-0.2, -0.15) is 4.31 Å². The second-order valence-corrected chi connectivity index (χ2v) is 10.8. The second kappa shape index (κ2) is 8.89. The Kier molecular flexibility index (Phi) is 6.62. The Hall–Kier alpha value is -2.57. The molecule has 0 aliphatic carbocycles.